The molecule has 3 amide bonds. The summed E-state index contributed by atoms with van der Waals surface area (Å²) in [7, 11) is 0. The monoisotopic (exact) mass is 246 g/mol. The second-order valence-electron chi connectivity index (χ2n) is 4.83. The molecule has 0 bridgehead atoms. The molecule has 4 nitrogen and oxygen atoms in total. The van der Waals surface area contributed by atoms with Crippen molar-refractivity contribution in [3.05, 3.63) is 35.4 Å². The molecule has 1 unspecified atom stereocenters. The van der Waals surface area contributed by atoms with Crippen LogP contribution in [0.2, 0.25) is 0 Å². The lowest BCUT2D eigenvalue weighted by molar-refractivity contribution is -0.123. The smallest absolute Gasteiger partial charge is 0.320 e. The zero-order chi connectivity index (χ0) is 13.2. The molecule has 1 aliphatic rings. The third-order valence-electron chi connectivity index (χ3n) is 3.40. The van der Waals surface area contributed by atoms with Crippen molar-refractivity contribution in [2.75, 3.05) is 0 Å². The van der Waals surface area contributed by atoms with E-state index in [1.165, 1.54) is 5.56 Å². The number of urea groups is 1. The number of amides is 3. The summed E-state index contributed by atoms with van der Waals surface area (Å²) in [5.74, 6) is -0.297. The molecule has 1 fully saturated rings. The summed E-state index contributed by atoms with van der Waals surface area (Å²) in [5.41, 5.74) is 1.13. The molecule has 0 aromatic heterocycles. The number of hydrogen-bond donors (Lipinski definition) is 2. The summed E-state index contributed by atoms with van der Waals surface area (Å²) in [6.07, 6.45) is 3.37. The number of benzene rings is 1. The van der Waals surface area contributed by atoms with Gasteiger partial charge in [-0.2, -0.15) is 0 Å². The Morgan fingerprint density at radius 1 is 1.17 bits per heavy atom. The summed E-state index contributed by atoms with van der Waals surface area (Å²) >= 11 is 0. The van der Waals surface area contributed by atoms with Crippen molar-refractivity contribution in [3.8, 4) is 0 Å². The van der Waals surface area contributed by atoms with Gasteiger partial charge in [0.2, 0.25) is 0 Å². The Balaban J connectivity index is 2.19. The average Bonchev–Trinajstić information content (AvgIpc) is 2.62. The van der Waals surface area contributed by atoms with Crippen molar-refractivity contribution in [2.24, 2.45) is 0 Å². The van der Waals surface area contributed by atoms with E-state index in [9.17, 15) is 9.59 Å². The molecule has 1 aliphatic heterocycles. The van der Waals surface area contributed by atoms with E-state index < -0.39 is 11.6 Å². The fourth-order valence-electron chi connectivity index (χ4n) is 2.13. The average molecular weight is 246 g/mol. The fraction of sp³-hybridized carbons (Fsp3) is 0.429. The van der Waals surface area contributed by atoms with Crippen LogP contribution in [0.3, 0.4) is 0 Å². The normalized spacial score (nSPS) is 22.8. The predicted octanol–water partition coefficient (Wildman–Crippen LogP) is 2.08. The van der Waals surface area contributed by atoms with E-state index in [2.05, 4.69) is 17.6 Å². The Bertz CT molecular complexity index is 467. The molecule has 96 valence electrons. The molecule has 0 spiro atoms. The highest BCUT2D eigenvalue weighted by molar-refractivity contribution is 6.07. The van der Waals surface area contributed by atoms with Crippen LogP contribution in [-0.2, 0) is 16.8 Å². The maximum Gasteiger partial charge on any atom is 0.322 e. The molecule has 1 heterocycles. The van der Waals surface area contributed by atoms with Gasteiger partial charge in [0, 0.05) is 0 Å². The van der Waals surface area contributed by atoms with E-state index in [4.69, 9.17) is 0 Å². The highest BCUT2D eigenvalue weighted by Crippen LogP contribution is 2.24. The van der Waals surface area contributed by atoms with Gasteiger partial charge in [-0.15, -0.1) is 0 Å². The summed E-state index contributed by atoms with van der Waals surface area (Å²) in [6.45, 7) is 3.88. The molecule has 0 saturated carbocycles. The first-order chi connectivity index (χ1) is 8.56. The molecule has 1 atom stereocenters. The third kappa shape index (κ3) is 2.23. The van der Waals surface area contributed by atoms with Crippen LogP contribution in [0.5, 0.6) is 0 Å². The van der Waals surface area contributed by atoms with E-state index in [1.54, 1.807) is 6.92 Å². The van der Waals surface area contributed by atoms with Crippen molar-refractivity contribution < 1.29 is 9.59 Å². The van der Waals surface area contributed by atoms with Crippen LogP contribution in [-0.4, -0.2) is 11.9 Å². The Labute approximate surface area is 107 Å². The van der Waals surface area contributed by atoms with Gasteiger partial charge in [-0.25, -0.2) is 4.79 Å². The first-order valence-corrected chi connectivity index (χ1v) is 6.29. The Kier molecular flexibility index (Phi) is 3.36. The minimum Gasteiger partial charge on any atom is -0.320 e. The van der Waals surface area contributed by atoms with Gasteiger partial charge < -0.3 is 5.32 Å². The fourth-order valence-corrected chi connectivity index (χ4v) is 2.13. The van der Waals surface area contributed by atoms with E-state index in [-0.39, 0.29) is 5.91 Å². The van der Waals surface area contributed by atoms with Crippen LogP contribution in [0.25, 0.3) is 0 Å². The number of carbonyl (C=O) groups excluding carboxylic acids is 2. The van der Waals surface area contributed by atoms with Crippen molar-refractivity contribution in [1.29, 1.82) is 0 Å². The first kappa shape index (κ1) is 12.6. The largest absolute Gasteiger partial charge is 0.322 e. The lowest BCUT2D eigenvalue weighted by Crippen LogP contribution is -2.40. The van der Waals surface area contributed by atoms with E-state index in [0.29, 0.717) is 0 Å². The number of aryl methyl sites for hydroxylation is 1. The van der Waals surface area contributed by atoms with Crippen LogP contribution in [0.4, 0.5) is 4.79 Å². The van der Waals surface area contributed by atoms with Crippen molar-refractivity contribution in [1.82, 2.24) is 10.6 Å². The van der Waals surface area contributed by atoms with Crippen molar-refractivity contribution in [2.45, 2.75) is 38.6 Å². The minimum atomic E-state index is -0.944. The van der Waals surface area contributed by atoms with Crippen LogP contribution in [0, 0.1) is 0 Å². The number of hydrogen-bond acceptors (Lipinski definition) is 2. The van der Waals surface area contributed by atoms with Crippen LogP contribution < -0.4 is 10.6 Å². The second kappa shape index (κ2) is 4.80. The number of imide groups is 1. The molecule has 1 aromatic rings. The van der Waals surface area contributed by atoms with Gasteiger partial charge in [-0.1, -0.05) is 37.6 Å². The second-order valence-corrected chi connectivity index (χ2v) is 4.83. The van der Waals surface area contributed by atoms with Gasteiger partial charge in [0.15, 0.2) is 0 Å². The molecular formula is C14H18N2O2. The molecule has 1 aromatic carbocycles. The van der Waals surface area contributed by atoms with E-state index >= 15 is 0 Å². The summed E-state index contributed by atoms with van der Waals surface area (Å²) in [6, 6.07) is 7.44. The Morgan fingerprint density at radius 2 is 1.83 bits per heavy atom. The van der Waals surface area contributed by atoms with Gasteiger partial charge in [-0.05, 0) is 30.9 Å². The minimum absolute atomic E-state index is 0.297. The Hall–Kier alpha value is -1.84. The molecule has 2 N–H and O–H groups in total. The van der Waals surface area contributed by atoms with Gasteiger partial charge >= 0.3 is 6.03 Å². The number of rotatable bonds is 4. The molecule has 2 rings (SSSR count). The van der Waals surface area contributed by atoms with Crippen LogP contribution >= 0.6 is 0 Å². The molecule has 18 heavy (non-hydrogen) atoms. The third-order valence-corrected chi connectivity index (χ3v) is 3.40. The predicted molar refractivity (Wildman–Crippen MR) is 69.1 cm³/mol. The zero-order valence-corrected chi connectivity index (χ0v) is 10.7. The quantitative estimate of drug-likeness (QED) is 0.799. The molecular weight excluding hydrogens is 228 g/mol. The van der Waals surface area contributed by atoms with Gasteiger partial charge in [0.1, 0.15) is 5.54 Å². The molecule has 0 radical (unpaired) electrons. The topological polar surface area (TPSA) is 58.2 Å². The lowest BCUT2D eigenvalue weighted by Gasteiger charge is -2.21. The zero-order valence-electron chi connectivity index (χ0n) is 10.7. The summed E-state index contributed by atoms with van der Waals surface area (Å²) < 4.78 is 0. The van der Waals surface area contributed by atoms with Crippen LogP contribution in [0.15, 0.2) is 24.3 Å². The standard InChI is InChI=1S/C14H18N2O2/c1-3-4-5-10-6-8-11(9-7-10)14(2)12(17)15-13(18)16-14/h6-9H,3-5H2,1-2H3,(H2,15,16,17,18). The maximum absolute atomic E-state index is 11.8. The molecule has 0 aliphatic carbocycles. The highest BCUT2D eigenvalue weighted by atomic mass is 16.2. The van der Waals surface area contributed by atoms with Gasteiger partial charge in [-0.3, -0.25) is 10.1 Å². The maximum atomic E-state index is 11.8. The first-order valence-electron chi connectivity index (χ1n) is 6.29. The summed E-state index contributed by atoms with van der Waals surface area (Å²) in [5, 5.41) is 4.93. The van der Waals surface area contributed by atoms with Crippen LogP contribution in [0.1, 0.15) is 37.8 Å². The van der Waals surface area contributed by atoms with E-state index in [0.717, 1.165) is 24.8 Å². The van der Waals surface area contributed by atoms with Gasteiger partial charge in [0.25, 0.3) is 5.91 Å². The van der Waals surface area contributed by atoms with Crippen molar-refractivity contribution in [3.63, 3.8) is 0 Å². The number of unbranched alkanes of at least 4 members (excludes halogenated alkanes) is 1. The molecule has 1 saturated heterocycles. The van der Waals surface area contributed by atoms with Crippen molar-refractivity contribution >= 4 is 11.9 Å². The Morgan fingerprint density at radius 3 is 2.33 bits per heavy atom. The SMILES string of the molecule is CCCCc1ccc(C2(C)NC(=O)NC2=O)cc1. The molecule has 4 heteroatoms. The number of nitrogens with one attached hydrogen (secondary N) is 2. The van der Waals surface area contributed by atoms with Gasteiger partial charge in [0.05, 0.1) is 0 Å². The lowest BCUT2D eigenvalue weighted by atomic mass is 9.91. The number of carbonyl (C=O) groups is 2. The highest BCUT2D eigenvalue weighted by Gasteiger charge is 2.43. The summed E-state index contributed by atoms with van der Waals surface area (Å²) in [4.78, 5) is 23.0. The van der Waals surface area contributed by atoms with E-state index in [1.807, 2.05) is 24.3 Å².